The molecule has 0 aliphatic carbocycles. The number of fused-ring (bicyclic) bond motifs is 3. The second kappa shape index (κ2) is 13.4. The van der Waals surface area contributed by atoms with Crippen LogP contribution in [0.25, 0.3) is 0 Å². The Morgan fingerprint density at radius 1 is 0.667 bits per heavy atom. The quantitative estimate of drug-likeness (QED) is 0.210. The second-order valence-corrected chi connectivity index (χ2v) is 14.4. The van der Waals surface area contributed by atoms with Crippen molar-refractivity contribution >= 4 is 6.03 Å². The molecule has 4 atom stereocenters. The van der Waals surface area contributed by atoms with E-state index in [-0.39, 0.29) is 19.1 Å². The van der Waals surface area contributed by atoms with Gasteiger partial charge in [0.1, 0.15) is 23.7 Å². The number of benzene rings is 4. The third kappa shape index (κ3) is 6.63. The van der Waals surface area contributed by atoms with E-state index in [0.29, 0.717) is 37.2 Å². The van der Waals surface area contributed by atoms with E-state index in [4.69, 9.17) is 18.9 Å². The molecule has 0 spiro atoms. The summed E-state index contributed by atoms with van der Waals surface area (Å²) in [7, 11) is 0. The lowest BCUT2D eigenvalue weighted by Crippen LogP contribution is -2.51. The van der Waals surface area contributed by atoms with Crippen LogP contribution in [0.2, 0.25) is 0 Å². The minimum atomic E-state index is -0.900. The number of nitriles is 2. The van der Waals surface area contributed by atoms with Gasteiger partial charge in [0.2, 0.25) is 0 Å². The molecular formula is C42H40N4O5. The molecule has 2 fully saturated rings. The molecule has 0 bridgehead atoms. The number of urea groups is 1. The molecule has 4 aliphatic heterocycles. The Hall–Kier alpha value is -5.35. The van der Waals surface area contributed by atoms with Crippen molar-refractivity contribution in [3.63, 3.8) is 0 Å². The number of rotatable bonds is 8. The minimum absolute atomic E-state index is 0.150. The lowest BCUT2D eigenvalue weighted by Gasteiger charge is -2.37. The van der Waals surface area contributed by atoms with Gasteiger partial charge in [-0.05, 0) is 96.5 Å². The smallest absolute Gasteiger partial charge is 0.321 e. The third-order valence-corrected chi connectivity index (χ3v) is 10.4. The molecule has 51 heavy (non-hydrogen) atoms. The first-order valence-electron chi connectivity index (χ1n) is 17.7. The van der Waals surface area contributed by atoms with Gasteiger partial charge in [-0.25, -0.2) is 4.79 Å². The van der Waals surface area contributed by atoms with E-state index >= 15 is 4.79 Å². The zero-order chi connectivity index (χ0) is 35.1. The molecule has 9 nitrogen and oxygen atoms in total. The Kier molecular flexibility index (Phi) is 8.63. The predicted octanol–water partition coefficient (Wildman–Crippen LogP) is 6.48. The molecule has 4 aromatic rings. The monoisotopic (exact) mass is 680 g/mol. The molecule has 8 rings (SSSR count). The molecule has 9 heteroatoms. The molecule has 0 radical (unpaired) electrons. The van der Waals surface area contributed by atoms with Crippen LogP contribution in [0.1, 0.15) is 58.4 Å². The van der Waals surface area contributed by atoms with E-state index in [1.54, 1.807) is 12.1 Å². The van der Waals surface area contributed by atoms with Crippen molar-refractivity contribution in [2.75, 3.05) is 13.2 Å². The van der Waals surface area contributed by atoms with E-state index in [9.17, 15) is 10.5 Å². The summed E-state index contributed by atoms with van der Waals surface area (Å²) in [5.41, 5.74) is 7.29. The molecule has 4 heterocycles. The van der Waals surface area contributed by atoms with E-state index in [0.717, 1.165) is 46.6 Å². The van der Waals surface area contributed by atoms with Gasteiger partial charge in [0.15, 0.2) is 5.79 Å². The number of carbonyl (C=O) groups is 1. The van der Waals surface area contributed by atoms with E-state index < -0.39 is 30.1 Å². The van der Waals surface area contributed by atoms with Crippen molar-refractivity contribution in [2.45, 2.75) is 82.7 Å². The first-order chi connectivity index (χ1) is 24.8. The molecule has 258 valence electrons. The number of hydrogen-bond donors (Lipinski definition) is 0. The maximum absolute atomic E-state index is 15.4. The van der Waals surface area contributed by atoms with E-state index in [1.807, 2.05) is 72.2 Å². The molecule has 4 aromatic carbocycles. The van der Waals surface area contributed by atoms with Crippen LogP contribution in [0, 0.1) is 22.7 Å². The van der Waals surface area contributed by atoms with Crippen molar-refractivity contribution in [1.29, 1.82) is 10.5 Å². The van der Waals surface area contributed by atoms with E-state index in [2.05, 4.69) is 36.4 Å². The van der Waals surface area contributed by atoms with Crippen molar-refractivity contribution in [1.82, 2.24) is 9.80 Å². The zero-order valence-electron chi connectivity index (χ0n) is 28.9. The largest absolute Gasteiger partial charge is 0.493 e. The van der Waals surface area contributed by atoms with Gasteiger partial charge < -0.3 is 28.7 Å². The summed E-state index contributed by atoms with van der Waals surface area (Å²) in [6.07, 6.45) is 1.84. The zero-order valence-corrected chi connectivity index (χ0v) is 28.9. The Morgan fingerprint density at radius 2 is 1.14 bits per heavy atom. The molecular weight excluding hydrogens is 640 g/mol. The maximum Gasteiger partial charge on any atom is 0.321 e. The van der Waals surface area contributed by atoms with Crippen LogP contribution in [-0.4, -0.2) is 59.1 Å². The van der Waals surface area contributed by atoms with Crippen molar-refractivity contribution < 1.29 is 23.7 Å². The third-order valence-electron chi connectivity index (χ3n) is 10.4. The van der Waals surface area contributed by atoms with Crippen LogP contribution in [0.5, 0.6) is 11.5 Å². The van der Waals surface area contributed by atoms with Crippen LogP contribution in [0.15, 0.2) is 84.9 Å². The van der Waals surface area contributed by atoms with Crippen molar-refractivity contribution in [3.05, 3.63) is 129 Å². The summed E-state index contributed by atoms with van der Waals surface area (Å²) in [6.45, 7) is 5.76. The minimum Gasteiger partial charge on any atom is -0.493 e. The fourth-order valence-corrected chi connectivity index (χ4v) is 8.13. The number of amides is 2. The van der Waals surface area contributed by atoms with Gasteiger partial charge in [0, 0.05) is 25.9 Å². The highest BCUT2D eigenvalue weighted by Gasteiger charge is 2.55. The SMILES string of the molecule is CC1(C)O[C@@H]2[C@@H](O1)[C@@H](Cc1ccc3c(c1)CCO3)N(Cc1cccc(C#N)c1)C(=O)N(Cc1cccc(C#N)c1)[C@@H]2Cc1ccc2c(c1)CCO2. The lowest BCUT2D eigenvalue weighted by molar-refractivity contribution is -0.157. The number of carbonyl (C=O) groups excluding carboxylic acids is 1. The first-order valence-corrected chi connectivity index (χ1v) is 17.7. The van der Waals surface area contributed by atoms with Crippen LogP contribution in [-0.2, 0) is 48.2 Å². The summed E-state index contributed by atoms with van der Waals surface area (Å²) in [4.78, 5) is 19.2. The van der Waals surface area contributed by atoms with Crippen LogP contribution in [0.4, 0.5) is 4.79 Å². The van der Waals surface area contributed by atoms with Gasteiger partial charge in [-0.15, -0.1) is 0 Å². The second-order valence-electron chi connectivity index (χ2n) is 14.4. The Labute approximate surface area is 298 Å². The average molecular weight is 681 g/mol. The number of nitrogens with zero attached hydrogens (tertiary/aromatic N) is 4. The van der Waals surface area contributed by atoms with Gasteiger partial charge in [-0.1, -0.05) is 48.5 Å². The highest BCUT2D eigenvalue weighted by molar-refractivity contribution is 5.76. The molecule has 0 saturated carbocycles. The Morgan fingerprint density at radius 3 is 1.59 bits per heavy atom. The van der Waals surface area contributed by atoms with Crippen molar-refractivity contribution in [3.8, 4) is 23.6 Å². The van der Waals surface area contributed by atoms with Crippen molar-refractivity contribution in [2.24, 2.45) is 0 Å². The summed E-state index contributed by atoms with van der Waals surface area (Å²) in [6, 6.07) is 31.0. The maximum atomic E-state index is 15.4. The van der Waals surface area contributed by atoms with E-state index in [1.165, 1.54) is 11.1 Å². The van der Waals surface area contributed by atoms with Gasteiger partial charge in [0.05, 0.1) is 48.6 Å². The number of ether oxygens (including phenoxy) is 4. The fraction of sp³-hybridized carbons (Fsp3) is 0.357. The van der Waals surface area contributed by atoms with Crippen LogP contribution >= 0.6 is 0 Å². The topological polar surface area (TPSA) is 108 Å². The predicted molar refractivity (Wildman–Crippen MR) is 189 cm³/mol. The lowest BCUT2D eigenvalue weighted by atomic mass is 9.90. The summed E-state index contributed by atoms with van der Waals surface area (Å²) < 4.78 is 25.4. The summed E-state index contributed by atoms with van der Waals surface area (Å²) >= 11 is 0. The molecule has 4 aliphatic rings. The standard InChI is InChI=1S/C42H40N4O5/c1-42(2)50-39-35(21-27-9-11-37-33(19-27)13-15-48-37)45(25-31-7-3-5-29(17-31)23-43)41(47)46(26-32-8-4-6-30(18-32)24-44)36(40(39)51-42)22-28-10-12-38-34(20-28)14-16-49-38/h3-12,17-20,35-36,39-40H,13-16,21-22,25-26H2,1-2H3/t35-,36-,39+,40+/m1/s1. The van der Waals surface area contributed by atoms with Crippen LogP contribution < -0.4 is 9.47 Å². The average Bonchev–Trinajstić information content (AvgIpc) is 3.88. The molecule has 2 saturated heterocycles. The highest BCUT2D eigenvalue weighted by Crippen LogP contribution is 2.41. The van der Waals surface area contributed by atoms with Gasteiger partial charge in [-0.2, -0.15) is 10.5 Å². The van der Waals surface area contributed by atoms with Gasteiger partial charge in [0.25, 0.3) is 0 Å². The Bertz CT molecular complexity index is 1920. The molecule has 0 unspecified atom stereocenters. The summed E-state index contributed by atoms with van der Waals surface area (Å²) in [5, 5.41) is 19.5. The normalized spacial score (nSPS) is 22.9. The van der Waals surface area contributed by atoms with Gasteiger partial charge >= 0.3 is 6.03 Å². The summed E-state index contributed by atoms with van der Waals surface area (Å²) in [5.74, 6) is 0.916. The van der Waals surface area contributed by atoms with Gasteiger partial charge in [-0.3, -0.25) is 0 Å². The fourth-order valence-electron chi connectivity index (χ4n) is 8.13. The molecule has 2 amide bonds. The number of hydrogen-bond acceptors (Lipinski definition) is 7. The molecule has 0 N–H and O–H groups in total. The Balaban J connectivity index is 1.26. The first kappa shape index (κ1) is 32.8. The highest BCUT2D eigenvalue weighted by atomic mass is 16.8. The molecule has 0 aromatic heterocycles. The van der Waals surface area contributed by atoms with Crippen LogP contribution in [0.3, 0.4) is 0 Å².